The minimum atomic E-state index is -3.99. The van der Waals surface area contributed by atoms with Gasteiger partial charge in [0, 0.05) is 18.2 Å². The van der Waals surface area contributed by atoms with E-state index in [4.69, 9.17) is 0 Å². The van der Waals surface area contributed by atoms with Gasteiger partial charge in [-0.2, -0.15) is 8.42 Å². The Hall–Kier alpha value is -2.65. The van der Waals surface area contributed by atoms with Gasteiger partial charge in [0.05, 0.1) is 4.90 Å². The van der Waals surface area contributed by atoms with Crippen LogP contribution in [0.2, 0.25) is 0 Å². The van der Waals surface area contributed by atoms with E-state index in [0.717, 1.165) is 55.0 Å². The Labute approximate surface area is 205 Å². The number of amidine groups is 1. The predicted molar refractivity (Wildman–Crippen MR) is 135 cm³/mol. The van der Waals surface area contributed by atoms with E-state index in [-0.39, 0.29) is 34.3 Å². The molecule has 34 heavy (non-hydrogen) atoms. The van der Waals surface area contributed by atoms with E-state index in [1.807, 2.05) is 38.1 Å². The van der Waals surface area contributed by atoms with Crippen LogP contribution in [0.1, 0.15) is 49.7 Å². The zero-order chi connectivity index (χ0) is 24.3. The van der Waals surface area contributed by atoms with E-state index < -0.39 is 15.3 Å². The Morgan fingerprint density at radius 1 is 1.00 bits per heavy atom. The van der Waals surface area contributed by atoms with Gasteiger partial charge in [-0.1, -0.05) is 66.4 Å². The quantitative estimate of drug-likeness (QED) is 0.624. The van der Waals surface area contributed by atoms with E-state index >= 15 is 0 Å². The van der Waals surface area contributed by atoms with Crippen molar-refractivity contribution in [1.82, 2.24) is 4.90 Å². The Bertz CT molecular complexity index is 1190. The number of thioether (sulfide) groups is 1. The summed E-state index contributed by atoms with van der Waals surface area (Å²) in [4.78, 5) is 27.7. The number of amides is 2. The number of sulfonamides is 1. The highest BCUT2D eigenvalue weighted by Crippen LogP contribution is 2.36. The van der Waals surface area contributed by atoms with Crippen molar-refractivity contribution in [3.8, 4) is 0 Å². The van der Waals surface area contributed by atoms with E-state index in [1.165, 1.54) is 12.1 Å². The molecule has 180 valence electrons. The first-order valence-electron chi connectivity index (χ1n) is 11.5. The summed E-state index contributed by atoms with van der Waals surface area (Å²) in [6, 6.07) is 13.8. The predicted octanol–water partition coefficient (Wildman–Crippen LogP) is 4.65. The number of hydrogen-bond acceptors (Lipinski definition) is 5. The summed E-state index contributed by atoms with van der Waals surface area (Å²) in [5.74, 6) is -0.533. The summed E-state index contributed by atoms with van der Waals surface area (Å²) >= 11 is 1.07. The van der Waals surface area contributed by atoms with Crippen LogP contribution in [0.5, 0.6) is 0 Å². The fraction of sp³-hybridized carbons (Fsp3) is 0.400. The van der Waals surface area contributed by atoms with Crippen molar-refractivity contribution in [3.05, 3.63) is 59.7 Å². The van der Waals surface area contributed by atoms with Crippen LogP contribution in [0.15, 0.2) is 57.8 Å². The summed E-state index contributed by atoms with van der Waals surface area (Å²) in [5, 5.41) is 2.29. The average molecular weight is 500 g/mol. The first-order valence-corrected chi connectivity index (χ1v) is 13.8. The van der Waals surface area contributed by atoms with E-state index in [0.29, 0.717) is 5.69 Å². The zero-order valence-electron chi connectivity index (χ0n) is 19.4. The molecule has 2 fully saturated rings. The number of carbonyl (C=O) groups is 2. The second-order valence-corrected chi connectivity index (χ2v) is 11.7. The summed E-state index contributed by atoms with van der Waals surface area (Å²) in [7, 11) is -3.99. The van der Waals surface area contributed by atoms with Gasteiger partial charge in [0.15, 0.2) is 5.17 Å². The topological polar surface area (TPSA) is 95.9 Å². The molecule has 1 aliphatic carbocycles. The monoisotopic (exact) mass is 499 g/mol. The molecular formula is C25H29N3O4S2. The second-order valence-electron chi connectivity index (χ2n) is 8.89. The molecule has 0 aromatic heterocycles. The van der Waals surface area contributed by atoms with Crippen LogP contribution in [0.4, 0.5) is 5.69 Å². The van der Waals surface area contributed by atoms with Crippen LogP contribution in [0.25, 0.3) is 0 Å². The number of anilines is 1. The number of carbonyl (C=O) groups excluding carboxylic acids is 2. The lowest BCUT2D eigenvalue weighted by Gasteiger charge is -2.30. The van der Waals surface area contributed by atoms with Gasteiger partial charge in [-0.25, -0.2) is 0 Å². The lowest BCUT2D eigenvalue weighted by Crippen LogP contribution is -2.42. The zero-order valence-corrected chi connectivity index (χ0v) is 21.0. The summed E-state index contributed by atoms with van der Waals surface area (Å²) < 4.78 is 30.1. The van der Waals surface area contributed by atoms with Gasteiger partial charge in [-0.05, 0) is 51.0 Å². The molecule has 2 aromatic carbocycles. The number of nitrogens with one attached hydrogen (secondary N) is 1. The van der Waals surface area contributed by atoms with Crippen molar-refractivity contribution in [1.29, 1.82) is 0 Å². The molecule has 0 bridgehead atoms. The van der Waals surface area contributed by atoms with Crippen molar-refractivity contribution in [2.24, 2.45) is 4.40 Å². The number of hydrogen-bond donors (Lipinski definition) is 1. The standard InChI is InChI=1S/C25H29N3O4S2/c1-17-8-12-19(13-9-17)26-23(29)16-22-24(30)28(20-6-4-3-5-7-20)25(33-22)27-34(31,32)21-14-10-18(2)11-15-21/h8-15,20,22H,3-7,16H2,1-2H3,(H,26,29). The van der Waals surface area contributed by atoms with E-state index in [2.05, 4.69) is 9.71 Å². The van der Waals surface area contributed by atoms with Gasteiger partial charge >= 0.3 is 0 Å². The smallest absolute Gasteiger partial charge is 0.284 e. The minimum absolute atomic E-state index is 0.0514. The Balaban J connectivity index is 1.57. The molecule has 1 unspecified atom stereocenters. The van der Waals surface area contributed by atoms with Crippen LogP contribution >= 0.6 is 11.8 Å². The highest BCUT2D eigenvalue weighted by molar-refractivity contribution is 8.16. The third kappa shape index (κ3) is 5.70. The average Bonchev–Trinajstić information content (AvgIpc) is 3.10. The van der Waals surface area contributed by atoms with Gasteiger partial charge in [-0.3, -0.25) is 14.5 Å². The molecule has 4 rings (SSSR count). The van der Waals surface area contributed by atoms with Crippen molar-refractivity contribution in [3.63, 3.8) is 0 Å². The number of benzene rings is 2. The molecule has 1 aliphatic heterocycles. The summed E-state index contributed by atoms with van der Waals surface area (Å²) in [6.07, 6.45) is 4.62. The number of aryl methyl sites for hydroxylation is 2. The Morgan fingerprint density at radius 2 is 1.59 bits per heavy atom. The molecule has 2 aliphatic rings. The number of nitrogens with zero attached hydrogens (tertiary/aromatic N) is 2. The molecule has 1 atom stereocenters. The van der Waals surface area contributed by atoms with Crippen LogP contribution in [0, 0.1) is 13.8 Å². The molecule has 1 N–H and O–H groups in total. The lowest BCUT2D eigenvalue weighted by molar-refractivity contribution is -0.130. The molecule has 1 saturated heterocycles. The third-order valence-electron chi connectivity index (χ3n) is 6.13. The van der Waals surface area contributed by atoms with Gasteiger partial charge < -0.3 is 5.32 Å². The maximum absolute atomic E-state index is 13.4. The minimum Gasteiger partial charge on any atom is -0.326 e. The van der Waals surface area contributed by atoms with Crippen LogP contribution in [-0.2, 0) is 19.6 Å². The SMILES string of the molecule is Cc1ccc(NC(=O)CC2SC(=NS(=O)(=O)c3ccc(C)cc3)N(C3CCCCC3)C2=O)cc1. The molecule has 0 radical (unpaired) electrons. The molecule has 7 nitrogen and oxygen atoms in total. The van der Waals surface area contributed by atoms with Crippen molar-refractivity contribution in [2.45, 2.75) is 68.6 Å². The molecule has 1 heterocycles. The maximum Gasteiger partial charge on any atom is 0.284 e. The lowest BCUT2D eigenvalue weighted by atomic mass is 9.94. The van der Waals surface area contributed by atoms with E-state index in [9.17, 15) is 18.0 Å². The molecule has 0 spiro atoms. The molecule has 2 amide bonds. The van der Waals surface area contributed by atoms with Gasteiger partial charge in [0.25, 0.3) is 10.0 Å². The van der Waals surface area contributed by atoms with Crippen molar-refractivity contribution in [2.75, 3.05) is 5.32 Å². The Kier molecular flexibility index (Phi) is 7.42. The van der Waals surface area contributed by atoms with Gasteiger partial charge in [0.2, 0.25) is 11.8 Å². The first kappa shape index (κ1) is 24.5. The van der Waals surface area contributed by atoms with Crippen LogP contribution < -0.4 is 5.32 Å². The second kappa shape index (κ2) is 10.3. The highest BCUT2D eigenvalue weighted by Gasteiger charge is 2.43. The summed E-state index contributed by atoms with van der Waals surface area (Å²) in [6.45, 7) is 3.84. The number of rotatable bonds is 6. The first-order chi connectivity index (χ1) is 16.2. The maximum atomic E-state index is 13.4. The van der Waals surface area contributed by atoms with Crippen LogP contribution in [-0.4, -0.2) is 41.6 Å². The van der Waals surface area contributed by atoms with Crippen LogP contribution in [0.3, 0.4) is 0 Å². The fourth-order valence-corrected chi connectivity index (χ4v) is 6.64. The van der Waals surface area contributed by atoms with E-state index in [1.54, 1.807) is 17.0 Å². The fourth-order valence-electron chi connectivity index (χ4n) is 4.24. The normalized spacial score (nSPS) is 20.6. The molecular weight excluding hydrogens is 470 g/mol. The summed E-state index contributed by atoms with van der Waals surface area (Å²) in [5.41, 5.74) is 2.69. The third-order valence-corrected chi connectivity index (χ3v) is 8.68. The largest absolute Gasteiger partial charge is 0.326 e. The van der Waals surface area contributed by atoms with Crippen molar-refractivity contribution < 1.29 is 18.0 Å². The van der Waals surface area contributed by atoms with Gasteiger partial charge in [-0.15, -0.1) is 4.40 Å². The molecule has 2 aromatic rings. The highest BCUT2D eigenvalue weighted by atomic mass is 32.2. The Morgan fingerprint density at radius 3 is 2.21 bits per heavy atom. The van der Waals surface area contributed by atoms with Crippen molar-refractivity contribution >= 4 is 44.5 Å². The van der Waals surface area contributed by atoms with Gasteiger partial charge in [0.1, 0.15) is 5.25 Å². The molecule has 1 saturated carbocycles. The molecule has 9 heteroatoms.